The van der Waals surface area contributed by atoms with Gasteiger partial charge in [-0.1, -0.05) is 66.7 Å². The van der Waals surface area contributed by atoms with Crippen LogP contribution in [0.4, 0.5) is 26.3 Å². The lowest BCUT2D eigenvalue weighted by atomic mass is 9.94. The smallest absolute Gasteiger partial charge is 0.309 e. The molecule has 0 atom stereocenters. The highest BCUT2D eigenvalue weighted by Crippen LogP contribution is 2.48. The predicted molar refractivity (Wildman–Crippen MR) is 190 cm³/mol. The van der Waals surface area contributed by atoms with Crippen LogP contribution in [0.1, 0.15) is 33.4 Å². The van der Waals surface area contributed by atoms with Gasteiger partial charge in [-0.05, 0) is 98.0 Å². The van der Waals surface area contributed by atoms with E-state index in [1.165, 1.54) is 24.3 Å². The van der Waals surface area contributed by atoms with E-state index in [1.807, 2.05) is 64.1 Å². The van der Waals surface area contributed by atoms with Gasteiger partial charge in [0.2, 0.25) is 0 Å². The summed E-state index contributed by atoms with van der Waals surface area (Å²) in [4.78, 5) is 0. The normalized spacial score (nSPS) is 12.6. The van der Waals surface area contributed by atoms with Gasteiger partial charge in [0.05, 0.1) is 44.6 Å². The molecule has 0 aliphatic carbocycles. The van der Waals surface area contributed by atoms with Crippen molar-refractivity contribution in [2.24, 2.45) is 0 Å². The third-order valence-electron chi connectivity index (χ3n) is 9.89. The molecular weight excluding hydrogens is 646 g/mol. The van der Waals surface area contributed by atoms with E-state index in [-0.39, 0.29) is 22.5 Å². The molecular formula is C42H30F6N2. The fourth-order valence-corrected chi connectivity index (χ4v) is 7.79. The van der Waals surface area contributed by atoms with Crippen molar-refractivity contribution >= 4 is 43.6 Å². The van der Waals surface area contributed by atoms with Gasteiger partial charge in [-0.15, -0.1) is 0 Å². The third kappa shape index (κ3) is 4.65. The molecule has 8 rings (SSSR count). The van der Waals surface area contributed by atoms with E-state index in [0.717, 1.165) is 55.9 Å². The molecule has 50 heavy (non-hydrogen) atoms. The number of halogens is 6. The molecule has 2 aromatic heterocycles. The van der Waals surface area contributed by atoms with Crippen LogP contribution in [0.3, 0.4) is 0 Å². The summed E-state index contributed by atoms with van der Waals surface area (Å²) in [5.74, 6) is 0. The molecule has 0 saturated carbocycles. The zero-order chi connectivity index (χ0) is 35.3. The van der Waals surface area contributed by atoms with Crippen molar-refractivity contribution in [2.45, 2.75) is 40.0 Å². The molecule has 0 fully saturated rings. The third-order valence-corrected chi connectivity index (χ3v) is 9.89. The summed E-state index contributed by atoms with van der Waals surface area (Å²) in [7, 11) is 0. The minimum absolute atomic E-state index is 0.00195. The monoisotopic (exact) mass is 676 g/mol. The first-order valence-corrected chi connectivity index (χ1v) is 16.2. The van der Waals surface area contributed by atoms with Crippen LogP contribution in [0.5, 0.6) is 0 Å². The summed E-state index contributed by atoms with van der Waals surface area (Å²) in [6.07, 6.45) is -9.64. The Kier molecular flexibility index (Phi) is 6.99. The SMILES string of the molecule is Cc1cccc2c1c1c(C)cccc1n2-c1cc(C(F)(F)F)c(-n2c3cccc(C)c3c3c(C)cccc32)cc1-c1ccccc1C(F)(F)F. The van der Waals surface area contributed by atoms with Crippen molar-refractivity contribution in [2.75, 3.05) is 0 Å². The lowest BCUT2D eigenvalue weighted by molar-refractivity contribution is -0.138. The zero-order valence-corrected chi connectivity index (χ0v) is 27.6. The van der Waals surface area contributed by atoms with Gasteiger partial charge in [-0.25, -0.2) is 0 Å². The van der Waals surface area contributed by atoms with Crippen molar-refractivity contribution in [3.8, 4) is 22.5 Å². The first-order valence-electron chi connectivity index (χ1n) is 16.2. The number of aryl methyl sites for hydroxylation is 4. The minimum atomic E-state index is -4.87. The van der Waals surface area contributed by atoms with Crippen LogP contribution in [-0.4, -0.2) is 9.13 Å². The van der Waals surface area contributed by atoms with Crippen molar-refractivity contribution in [3.63, 3.8) is 0 Å². The second kappa shape index (κ2) is 11.0. The number of fused-ring (bicyclic) bond motifs is 6. The Morgan fingerprint density at radius 1 is 0.380 bits per heavy atom. The predicted octanol–water partition coefficient (Wildman–Crippen LogP) is 12.8. The maximum Gasteiger partial charge on any atom is 0.418 e. The number of hydrogen-bond donors (Lipinski definition) is 0. The van der Waals surface area contributed by atoms with Gasteiger partial charge < -0.3 is 9.13 Å². The van der Waals surface area contributed by atoms with E-state index in [9.17, 15) is 13.2 Å². The Morgan fingerprint density at radius 3 is 1.16 bits per heavy atom. The second-order valence-electron chi connectivity index (χ2n) is 13.0. The van der Waals surface area contributed by atoms with E-state index in [1.54, 1.807) is 45.5 Å². The Hall–Kier alpha value is -5.50. The molecule has 0 bridgehead atoms. The lowest BCUT2D eigenvalue weighted by Gasteiger charge is -2.23. The molecule has 0 radical (unpaired) electrons. The number of aromatic nitrogens is 2. The summed E-state index contributed by atoms with van der Waals surface area (Å²) in [6.45, 7) is 7.66. The first kappa shape index (κ1) is 31.7. The van der Waals surface area contributed by atoms with E-state index in [2.05, 4.69) is 0 Å². The van der Waals surface area contributed by atoms with Gasteiger partial charge >= 0.3 is 12.4 Å². The van der Waals surface area contributed by atoms with Crippen molar-refractivity contribution in [3.05, 3.63) is 143 Å². The average Bonchev–Trinajstić information content (AvgIpc) is 3.59. The van der Waals surface area contributed by atoms with Gasteiger partial charge in [0.25, 0.3) is 0 Å². The molecule has 6 aromatic carbocycles. The maximum atomic E-state index is 15.6. The largest absolute Gasteiger partial charge is 0.418 e. The Bertz CT molecular complexity index is 2550. The molecule has 8 aromatic rings. The van der Waals surface area contributed by atoms with E-state index in [4.69, 9.17) is 0 Å². The molecule has 250 valence electrons. The lowest BCUT2D eigenvalue weighted by Crippen LogP contribution is -2.14. The highest BCUT2D eigenvalue weighted by atomic mass is 19.4. The Labute approximate surface area is 283 Å². The molecule has 0 N–H and O–H groups in total. The van der Waals surface area contributed by atoms with E-state index < -0.39 is 23.5 Å². The molecule has 2 heterocycles. The second-order valence-corrected chi connectivity index (χ2v) is 13.0. The summed E-state index contributed by atoms with van der Waals surface area (Å²) in [5.41, 5.74) is 3.50. The quantitative estimate of drug-likeness (QED) is 0.165. The van der Waals surface area contributed by atoms with Crippen molar-refractivity contribution < 1.29 is 26.3 Å². The van der Waals surface area contributed by atoms with Gasteiger partial charge in [-0.3, -0.25) is 0 Å². The number of alkyl halides is 6. The van der Waals surface area contributed by atoms with Crippen LogP contribution in [0.2, 0.25) is 0 Å². The van der Waals surface area contributed by atoms with E-state index >= 15 is 13.2 Å². The maximum absolute atomic E-state index is 15.6. The molecule has 0 aliphatic rings. The summed E-state index contributed by atoms with van der Waals surface area (Å²) >= 11 is 0. The van der Waals surface area contributed by atoms with Gasteiger partial charge in [-0.2, -0.15) is 26.3 Å². The topological polar surface area (TPSA) is 9.86 Å². The number of benzene rings is 6. The van der Waals surface area contributed by atoms with E-state index in [0.29, 0.717) is 22.1 Å². The average molecular weight is 677 g/mol. The molecule has 0 unspecified atom stereocenters. The van der Waals surface area contributed by atoms with Crippen LogP contribution >= 0.6 is 0 Å². The molecule has 0 spiro atoms. The molecule has 2 nitrogen and oxygen atoms in total. The fourth-order valence-electron chi connectivity index (χ4n) is 7.79. The van der Waals surface area contributed by atoms with Crippen LogP contribution in [0.15, 0.2) is 109 Å². The summed E-state index contributed by atoms with van der Waals surface area (Å²) in [5, 5.41) is 3.26. The number of hydrogen-bond acceptors (Lipinski definition) is 0. The summed E-state index contributed by atoms with van der Waals surface area (Å²) < 4.78 is 94.3. The van der Waals surface area contributed by atoms with Crippen LogP contribution in [-0.2, 0) is 12.4 Å². The van der Waals surface area contributed by atoms with Crippen LogP contribution < -0.4 is 0 Å². The van der Waals surface area contributed by atoms with Gasteiger partial charge in [0.1, 0.15) is 0 Å². The molecule has 8 heteroatoms. The summed E-state index contributed by atoms with van der Waals surface area (Å²) in [6, 6.07) is 29.4. The molecule has 0 amide bonds. The zero-order valence-electron chi connectivity index (χ0n) is 27.6. The first-order chi connectivity index (χ1) is 23.8. The minimum Gasteiger partial charge on any atom is -0.309 e. The highest BCUT2D eigenvalue weighted by molar-refractivity contribution is 6.14. The highest BCUT2D eigenvalue weighted by Gasteiger charge is 2.39. The van der Waals surface area contributed by atoms with Crippen molar-refractivity contribution in [1.29, 1.82) is 0 Å². The van der Waals surface area contributed by atoms with Crippen LogP contribution in [0.25, 0.3) is 66.1 Å². The standard InChI is InChI=1S/C42H30F6N2/c1-23-11-7-17-31-37(23)38-24(2)12-8-18-32(38)49(31)35-22-30(42(46,47)48)36(21-28(35)27-15-5-6-16-29(27)41(43,44)45)50-33-19-9-13-25(3)39(33)40-26(4)14-10-20-34(40)50/h5-22H,1-4H3. The van der Waals surface area contributed by atoms with Gasteiger partial charge in [0, 0.05) is 27.1 Å². The number of nitrogens with zero attached hydrogens (tertiary/aromatic N) is 2. The molecule has 0 saturated heterocycles. The van der Waals surface area contributed by atoms with Gasteiger partial charge in [0.15, 0.2) is 0 Å². The van der Waals surface area contributed by atoms with Crippen molar-refractivity contribution in [1.82, 2.24) is 9.13 Å². The van der Waals surface area contributed by atoms with Crippen LogP contribution in [0, 0.1) is 27.7 Å². The Morgan fingerprint density at radius 2 is 0.760 bits per heavy atom. The fraction of sp³-hybridized carbons (Fsp3) is 0.143. The molecule has 0 aliphatic heterocycles. The number of rotatable bonds is 3. The Balaban J connectivity index is 1.62.